The van der Waals surface area contributed by atoms with E-state index in [0.717, 1.165) is 38.7 Å². The van der Waals surface area contributed by atoms with Gasteiger partial charge in [-0.2, -0.15) is 0 Å². The van der Waals surface area contributed by atoms with Crippen molar-refractivity contribution < 1.29 is 0 Å². The summed E-state index contributed by atoms with van der Waals surface area (Å²) < 4.78 is 0. The van der Waals surface area contributed by atoms with Gasteiger partial charge in [0.05, 0.1) is 33.5 Å². The third kappa shape index (κ3) is 3.26. The Hall–Kier alpha value is -5.61. The van der Waals surface area contributed by atoms with Crippen LogP contribution in [0.3, 0.4) is 0 Å². The van der Waals surface area contributed by atoms with E-state index in [1.165, 1.54) is 44.5 Å². The highest BCUT2D eigenvalue weighted by Crippen LogP contribution is 2.48. The number of aromatic amines is 2. The molecule has 0 fully saturated rings. The Bertz CT molecular complexity index is 2200. The zero-order valence-corrected chi connectivity index (χ0v) is 22.7. The fourth-order valence-corrected chi connectivity index (χ4v) is 7.02. The SMILES string of the molecule is C1=CNc2c(C3c4ccccc4-c4ccccc43)[nH]c3cccnc3c(=C3c4ccccc4-c4ccccc43)[nH]c2=C1. The Morgan fingerprint density at radius 2 is 1.17 bits per heavy atom. The van der Waals surface area contributed by atoms with Crippen LogP contribution in [0.2, 0.25) is 0 Å². The summed E-state index contributed by atoms with van der Waals surface area (Å²) in [6.45, 7) is 0. The summed E-state index contributed by atoms with van der Waals surface area (Å²) in [5.74, 6) is 0.0341. The second kappa shape index (κ2) is 8.95. The Labute approximate surface area is 242 Å². The van der Waals surface area contributed by atoms with E-state index < -0.39 is 0 Å². The van der Waals surface area contributed by atoms with E-state index in [9.17, 15) is 0 Å². The number of nitrogens with one attached hydrogen (secondary N) is 3. The average Bonchev–Trinajstić information content (AvgIpc) is 3.55. The summed E-state index contributed by atoms with van der Waals surface area (Å²) in [5.41, 5.74) is 15.2. The zero-order valence-electron chi connectivity index (χ0n) is 22.7. The number of hydrogen-bond donors (Lipinski definition) is 3. The second-order valence-corrected chi connectivity index (χ2v) is 11.0. The van der Waals surface area contributed by atoms with Gasteiger partial charge in [0, 0.05) is 18.0 Å². The van der Waals surface area contributed by atoms with Gasteiger partial charge in [0.1, 0.15) is 5.52 Å². The molecule has 1 aliphatic heterocycles. The van der Waals surface area contributed by atoms with Crippen molar-refractivity contribution in [2.75, 3.05) is 5.32 Å². The molecule has 0 saturated heterocycles. The topological polar surface area (TPSA) is 56.5 Å². The van der Waals surface area contributed by atoms with Crippen LogP contribution in [0.5, 0.6) is 0 Å². The number of H-pyrrole nitrogens is 2. The van der Waals surface area contributed by atoms with Crippen molar-refractivity contribution in [1.82, 2.24) is 15.0 Å². The van der Waals surface area contributed by atoms with Crippen LogP contribution in [-0.4, -0.2) is 15.0 Å². The maximum absolute atomic E-state index is 5.01. The highest BCUT2D eigenvalue weighted by molar-refractivity contribution is 6.02. The normalized spacial score (nSPS) is 13.9. The average molecular weight is 539 g/mol. The van der Waals surface area contributed by atoms with Crippen molar-refractivity contribution >= 4 is 28.4 Å². The largest absolute Gasteiger partial charge is 0.359 e. The first kappa shape index (κ1) is 23.1. The monoisotopic (exact) mass is 538 g/mol. The summed E-state index contributed by atoms with van der Waals surface area (Å²) in [7, 11) is 0. The Balaban J connectivity index is 1.46. The highest BCUT2D eigenvalue weighted by Gasteiger charge is 2.32. The molecule has 6 aromatic rings. The van der Waals surface area contributed by atoms with Gasteiger partial charge in [-0.05, 0) is 68.8 Å². The van der Waals surface area contributed by atoms with Crippen LogP contribution in [0.25, 0.3) is 44.9 Å². The predicted molar refractivity (Wildman–Crippen MR) is 171 cm³/mol. The van der Waals surface area contributed by atoms with E-state index >= 15 is 0 Å². The van der Waals surface area contributed by atoms with Gasteiger partial charge in [-0.3, -0.25) is 4.98 Å². The van der Waals surface area contributed by atoms with Crippen molar-refractivity contribution in [2.45, 2.75) is 5.92 Å². The number of anilines is 1. The minimum absolute atomic E-state index is 0.0341. The molecular weight excluding hydrogens is 512 g/mol. The first-order chi connectivity index (χ1) is 20.9. The highest BCUT2D eigenvalue weighted by atomic mass is 14.9. The number of nitrogens with zero attached hydrogens (tertiary/aromatic N) is 1. The van der Waals surface area contributed by atoms with Crippen molar-refractivity contribution in [3.63, 3.8) is 0 Å². The molecule has 0 unspecified atom stereocenters. The molecule has 2 aliphatic carbocycles. The smallest absolute Gasteiger partial charge is 0.110 e. The van der Waals surface area contributed by atoms with E-state index in [-0.39, 0.29) is 5.92 Å². The molecule has 0 spiro atoms. The molecule has 42 heavy (non-hydrogen) atoms. The van der Waals surface area contributed by atoms with Crippen LogP contribution in [0.1, 0.15) is 33.9 Å². The first-order valence-corrected chi connectivity index (χ1v) is 14.4. The van der Waals surface area contributed by atoms with Crippen molar-refractivity contribution in [3.05, 3.63) is 166 Å². The summed E-state index contributed by atoms with van der Waals surface area (Å²) in [5, 5.41) is 5.61. The molecule has 3 aliphatic rings. The molecule has 0 saturated carbocycles. The van der Waals surface area contributed by atoms with Gasteiger partial charge < -0.3 is 15.3 Å². The summed E-state index contributed by atoms with van der Waals surface area (Å²) in [4.78, 5) is 12.8. The van der Waals surface area contributed by atoms with Crippen LogP contribution < -0.4 is 16.0 Å². The predicted octanol–water partition coefficient (Wildman–Crippen LogP) is 7.12. The Kier molecular flexibility index (Phi) is 4.93. The second-order valence-electron chi connectivity index (χ2n) is 11.0. The summed E-state index contributed by atoms with van der Waals surface area (Å²) in [6.07, 6.45) is 8.10. The number of benzene rings is 4. The maximum atomic E-state index is 5.01. The molecule has 0 radical (unpaired) electrons. The minimum atomic E-state index is 0.0341. The molecule has 0 amide bonds. The van der Waals surface area contributed by atoms with Gasteiger partial charge in [0.25, 0.3) is 0 Å². The number of rotatable bonds is 1. The molecular formula is C38H26N4. The Morgan fingerprint density at radius 1 is 0.571 bits per heavy atom. The maximum Gasteiger partial charge on any atom is 0.110 e. The molecule has 4 nitrogen and oxygen atoms in total. The van der Waals surface area contributed by atoms with Crippen LogP contribution in [0.15, 0.2) is 128 Å². The van der Waals surface area contributed by atoms with Crippen LogP contribution in [-0.2, 0) is 0 Å². The number of aromatic nitrogens is 3. The van der Waals surface area contributed by atoms with E-state index in [0.29, 0.717) is 0 Å². The zero-order chi connectivity index (χ0) is 27.6. The minimum Gasteiger partial charge on any atom is -0.359 e. The molecule has 3 N–H and O–H groups in total. The van der Waals surface area contributed by atoms with Gasteiger partial charge in [0.15, 0.2) is 0 Å². The lowest BCUT2D eigenvalue weighted by molar-refractivity contribution is 0.953. The first-order valence-electron chi connectivity index (χ1n) is 14.4. The summed E-state index contributed by atoms with van der Waals surface area (Å²) >= 11 is 0. The van der Waals surface area contributed by atoms with Gasteiger partial charge in [-0.15, -0.1) is 0 Å². The third-order valence-electron chi connectivity index (χ3n) is 8.75. The van der Waals surface area contributed by atoms with Crippen LogP contribution in [0, 0.1) is 0 Å². The van der Waals surface area contributed by atoms with E-state index in [2.05, 4.69) is 131 Å². The van der Waals surface area contributed by atoms with Crippen LogP contribution in [0.4, 0.5) is 5.69 Å². The lowest BCUT2D eigenvalue weighted by atomic mass is 9.92. The lowest BCUT2D eigenvalue weighted by Gasteiger charge is -2.20. The molecule has 9 rings (SSSR count). The van der Waals surface area contributed by atoms with E-state index in [1.807, 2.05) is 18.5 Å². The third-order valence-corrected chi connectivity index (χ3v) is 8.75. The summed E-state index contributed by atoms with van der Waals surface area (Å²) in [6, 6.07) is 39.0. The number of fused-ring (bicyclic) bond motifs is 8. The van der Waals surface area contributed by atoms with E-state index in [1.54, 1.807) is 0 Å². The molecule has 4 heteroatoms. The van der Waals surface area contributed by atoms with Gasteiger partial charge in [0.2, 0.25) is 0 Å². The molecule has 0 bridgehead atoms. The van der Waals surface area contributed by atoms with E-state index in [4.69, 9.17) is 4.98 Å². The molecule has 198 valence electrons. The quantitative estimate of drug-likeness (QED) is 0.208. The molecule has 3 heterocycles. The van der Waals surface area contributed by atoms with Gasteiger partial charge >= 0.3 is 0 Å². The Morgan fingerprint density at radius 3 is 1.83 bits per heavy atom. The lowest BCUT2D eigenvalue weighted by Crippen LogP contribution is -2.27. The van der Waals surface area contributed by atoms with Crippen molar-refractivity contribution in [3.8, 4) is 22.3 Å². The molecule has 0 atom stereocenters. The fourth-order valence-electron chi connectivity index (χ4n) is 7.02. The van der Waals surface area contributed by atoms with Crippen molar-refractivity contribution in [2.24, 2.45) is 0 Å². The fraction of sp³-hybridized carbons (Fsp3) is 0.0263. The molecule has 4 aromatic carbocycles. The van der Waals surface area contributed by atoms with Crippen LogP contribution >= 0.6 is 0 Å². The standard InChI is InChI=1S/C38H26N4/c1-5-15-27-23(11-1)24-12-2-6-16-28(24)33(27)37-35-31(19-9-21-39-35)42-38(36-32(41-37)20-10-22-40-36)34-29-17-7-3-13-25(29)26-14-4-8-18-30(26)34/h1-22,33,39,41-42H. The number of allylic oxidation sites excluding steroid dienone is 1. The number of hydrogen-bond acceptors (Lipinski definition) is 2. The van der Waals surface area contributed by atoms with Crippen molar-refractivity contribution in [1.29, 1.82) is 0 Å². The number of pyridine rings is 1. The van der Waals surface area contributed by atoms with Gasteiger partial charge in [-0.25, -0.2) is 0 Å². The van der Waals surface area contributed by atoms with Gasteiger partial charge in [-0.1, -0.05) is 97.1 Å². The molecule has 2 aromatic heterocycles.